The summed E-state index contributed by atoms with van der Waals surface area (Å²) in [7, 11) is 0. The minimum absolute atomic E-state index is 0.127. The van der Waals surface area contributed by atoms with Crippen molar-refractivity contribution in [3.05, 3.63) is 233 Å². The van der Waals surface area contributed by atoms with Gasteiger partial charge in [0.15, 0.2) is 10.3 Å². The van der Waals surface area contributed by atoms with E-state index in [0.29, 0.717) is 55.3 Å². The molecule has 8 aromatic rings. The van der Waals surface area contributed by atoms with Gasteiger partial charge < -0.3 is 28.7 Å². The van der Waals surface area contributed by atoms with Gasteiger partial charge in [0, 0.05) is 97.7 Å². The molecule has 0 radical (unpaired) electrons. The standard InChI is InChI=1S/C37H40F4N4O2S.C36H38F4N4O2S/c1-4-43(5-2)19-20-44(22-26-9-13-28(14-10-26)29-15-18-32(25(3)21-29)37(39,40)41)34(46)23-45-33-8-6-7-31(33)35(47)42-36(45)48-24-27-11-16-30(38)17-12-27;1-3-42(4-2)20-21-43(22-25-8-12-27(13-9-25)28-14-16-29(17-15-28)36(38,39)40)33(45)23-44-32-7-5-6-31(32)34(46)41-35(44)47-24-26-10-18-30(37)19-11-26/h9-18,21H,4-8,19-20,22-24H2,1-3H3;8-19H,3-7,20-24H2,1-2H3/i4D2,5D2,6D2,7D2,8D2,9D,10D,13D,14D,15D,18D,19D2,20D2,21D,22D2;3D2,4D2,10D,11D,18D,19D,20D2,21D2,22D2. The zero-order chi connectivity index (χ0) is 101. The van der Waals surface area contributed by atoms with E-state index < -0.39 is 281 Å². The van der Waals surface area contributed by atoms with Crippen LogP contribution in [0.15, 0.2) is 159 Å². The Morgan fingerprint density at radius 3 is 1.59 bits per heavy atom. The summed E-state index contributed by atoms with van der Waals surface area (Å²) in [6, 6.07) is -0.650. The molecule has 2 heterocycles. The highest BCUT2D eigenvalue weighted by Gasteiger charge is 2.33. The number of rotatable bonds is 26. The number of alkyl halides is 6. The number of hydrogen-bond donors (Lipinski definition) is 0. The average molecular weight is 1380 g/mol. The van der Waals surface area contributed by atoms with Crippen LogP contribution < -0.4 is 11.1 Å². The van der Waals surface area contributed by atoms with E-state index in [1.807, 2.05) is 0 Å². The summed E-state index contributed by atoms with van der Waals surface area (Å²) in [4.78, 5) is 63.1. The Morgan fingerprint density at radius 1 is 0.547 bits per heavy atom. The van der Waals surface area contributed by atoms with Crippen LogP contribution in [-0.2, 0) is 85.1 Å². The van der Waals surface area contributed by atoms with Crippen LogP contribution in [0.25, 0.3) is 22.3 Å². The third kappa shape index (κ3) is 19.0. The third-order valence-electron chi connectivity index (χ3n) is 13.6. The summed E-state index contributed by atoms with van der Waals surface area (Å²) in [5.41, 5.74) is -12.2. The molecule has 502 valence electrons. The second kappa shape index (κ2) is 32.7. The SMILES string of the molecule is [2H]c1c([2H])c(C([2H])([2H])N(C(=O)Cn2c(SCc3ccc(F)cc3)nc(=O)c3c2C([2H])([2H])C([2H])([2H])C3([2H])[2H])C([2H])([2H])C([2H])([2H])N(C([2H])([2H])C)C([2H])([2H])C)c([2H])c([2H])c1-c1c([2H])c([2H])c(C(F)(F)F)c(C)c1[2H].[2H]c1c([2H])c(CSc2nc(=O)c3c(n2CC(=O)N(C([2H])([2H])c2ccc(-c4ccc(C(F)(F)F)cc4)cc2)C([2H])([2H])C([2H])([2H])N(C([2H])([2H])C)C([2H])([2H])C)CCC3)c([2H])c([2H])c1F. The van der Waals surface area contributed by atoms with Crippen molar-refractivity contribution < 1.29 is 95.4 Å². The van der Waals surface area contributed by atoms with Crippen LogP contribution in [0, 0.1) is 18.6 Å². The Balaban J connectivity index is 0.000000300. The Hall–Kier alpha value is -7.92. The molecule has 2 amide bonds. The average Bonchev–Trinajstić information content (AvgIpc) is 1.50. The van der Waals surface area contributed by atoms with Gasteiger partial charge in [0.1, 0.15) is 24.7 Å². The van der Waals surface area contributed by atoms with E-state index in [1.54, 1.807) is 0 Å². The molecule has 0 N–H and O–H groups in total. The van der Waals surface area contributed by atoms with Crippen LogP contribution in [0.4, 0.5) is 35.1 Å². The number of carbonyl (C=O) groups excluding carboxylic acids is 2. The summed E-state index contributed by atoms with van der Waals surface area (Å²) in [6.07, 6.45) is -20.1. The minimum Gasteiger partial charge on any atom is -0.336 e. The summed E-state index contributed by atoms with van der Waals surface area (Å²) in [5, 5.41) is -1.09. The van der Waals surface area contributed by atoms with E-state index >= 15 is 4.79 Å². The molecular weight excluding hydrogens is 1270 g/mol. The van der Waals surface area contributed by atoms with E-state index in [9.17, 15) is 57.7 Å². The fraction of sp³-hybridized carbons (Fsp3) is 0.370. The Kier molecular flexibility index (Phi) is 12.7. The highest BCUT2D eigenvalue weighted by molar-refractivity contribution is 7.98. The number of nitrogens with zero attached hydrogens (tertiary/aromatic N) is 8. The largest absolute Gasteiger partial charge is 0.416 e. The molecule has 2 aromatic heterocycles. The number of fused-ring (bicyclic) bond motifs is 2. The fourth-order valence-electron chi connectivity index (χ4n) is 8.90. The quantitative estimate of drug-likeness (QED) is 0.0295. The van der Waals surface area contributed by atoms with E-state index in [4.69, 9.17) is 42.5 Å². The lowest BCUT2D eigenvalue weighted by Crippen LogP contribution is -2.40. The van der Waals surface area contributed by atoms with Crippen LogP contribution in [0.2, 0.25) is 0 Å². The second-order valence-corrected chi connectivity index (χ2v) is 21.7. The fourth-order valence-corrected chi connectivity index (χ4v) is 10.7. The third-order valence-corrected chi connectivity index (χ3v) is 15.6. The summed E-state index contributed by atoms with van der Waals surface area (Å²) in [5.74, 6) is -6.59. The molecular formula is C73H78F8N8O4S2. The van der Waals surface area contributed by atoms with Crippen molar-refractivity contribution in [1.29, 1.82) is 0 Å². The topological polar surface area (TPSA) is 117 Å². The van der Waals surface area contributed by atoms with Crippen molar-refractivity contribution in [2.75, 3.05) is 52.0 Å². The van der Waals surface area contributed by atoms with Crippen LogP contribution in [-0.4, -0.2) is 102 Å². The van der Waals surface area contributed by atoms with Crippen LogP contribution in [0.5, 0.6) is 0 Å². The smallest absolute Gasteiger partial charge is 0.336 e. The molecule has 12 nitrogen and oxygen atoms in total. The first-order valence-corrected chi connectivity index (χ1v) is 30.0. The molecule has 2 aliphatic carbocycles. The van der Waals surface area contributed by atoms with E-state index in [-0.39, 0.29) is 67.1 Å². The lowest BCUT2D eigenvalue weighted by Gasteiger charge is -2.28. The zero-order valence-electron chi connectivity index (χ0n) is 87.4. The van der Waals surface area contributed by atoms with Crippen molar-refractivity contribution in [1.82, 2.24) is 38.7 Å². The molecule has 95 heavy (non-hydrogen) atoms. The molecule has 0 atom stereocenters. The molecule has 2 aliphatic rings. The number of halogens is 8. The monoisotopic (exact) mass is 1380 g/mol. The first-order valence-electron chi connectivity index (χ1n) is 46.5. The summed E-state index contributed by atoms with van der Waals surface area (Å²) < 4.78 is 432. The van der Waals surface area contributed by atoms with E-state index in [1.165, 1.54) is 24.3 Å². The van der Waals surface area contributed by atoms with Gasteiger partial charge in [-0.05, 0) is 164 Å². The van der Waals surface area contributed by atoms with Crippen molar-refractivity contribution in [3.8, 4) is 22.3 Å². The molecule has 22 heteroatoms. The predicted octanol–water partition coefficient (Wildman–Crippen LogP) is 14.7. The molecule has 0 saturated carbocycles. The van der Waals surface area contributed by atoms with Gasteiger partial charge in [-0.25, -0.2) is 8.78 Å². The lowest BCUT2D eigenvalue weighted by atomic mass is 9.98. The maximum absolute atomic E-state index is 15.2. The highest BCUT2D eigenvalue weighted by atomic mass is 32.2. The number of carbonyl (C=O) groups is 2. The van der Waals surface area contributed by atoms with Gasteiger partial charge in [-0.2, -0.15) is 36.3 Å². The molecule has 0 fully saturated rings. The Morgan fingerprint density at radius 2 is 1.04 bits per heavy atom. The molecule has 0 unspecified atom stereocenters. The van der Waals surface area contributed by atoms with Gasteiger partial charge in [-0.15, -0.1) is 0 Å². The van der Waals surface area contributed by atoms with Gasteiger partial charge in [0.25, 0.3) is 11.1 Å². The zero-order valence-corrected chi connectivity index (χ0v) is 52.1. The Bertz CT molecular complexity index is 5880. The van der Waals surface area contributed by atoms with E-state index in [2.05, 4.69) is 9.97 Å². The highest BCUT2D eigenvalue weighted by Crippen LogP contribution is 2.36. The van der Waals surface area contributed by atoms with Gasteiger partial charge in [-0.3, -0.25) is 19.2 Å². The first-order chi connectivity index (χ1) is 59.6. The van der Waals surface area contributed by atoms with Crippen LogP contribution in [0.3, 0.4) is 0 Å². The summed E-state index contributed by atoms with van der Waals surface area (Å²) in [6.45, 7) is -36.6. The lowest BCUT2D eigenvalue weighted by molar-refractivity contribution is -0.138. The van der Waals surface area contributed by atoms with E-state index in [0.717, 1.165) is 66.9 Å². The molecule has 0 aliphatic heterocycles. The number of likely N-dealkylation sites (N-methyl/N-ethyl adjacent to an activating group) is 2. The maximum atomic E-state index is 15.2. The van der Waals surface area contributed by atoms with Crippen molar-refractivity contribution >= 4 is 35.3 Å². The second-order valence-electron chi connectivity index (χ2n) is 19.8. The number of hydrogen-bond acceptors (Lipinski definition) is 10. The summed E-state index contributed by atoms with van der Waals surface area (Å²) >= 11 is 1.08. The van der Waals surface area contributed by atoms with Crippen LogP contribution in [0.1, 0.15) is 153 Å². The predicted molar refractivity (Wildman–Crippen MR) is 358 cm³/mol. The van der Waals surface area contributed by atoms with Crippen molar-refractivity contribution in [3.63, 3.8) is 0 Å². The number of benzene rings is 6. The first kappa shape index (κ1) is 37.0. The number of amides is 2. The van der Waals surface area contributed by atoms with Gasteiger partial charge in [-0.1, -0.05) is 148 Å². The van der Waals surface area contributed by atoms with Crippen molar-refractivity contribution in [2.45, 2.75) is 133 Å². The van der Waals surface area contributed by atoms with Crippen molar-refractivity contribution in [2.24, 2.45) is 0 Å². The molecule has 0 spiro atoms. The maximum Gasteiger partial charge on any atom is 0.416 e. The molecule has 0 bridgehead atoms. The van der Waals surface area contributed by atoms with Gasteiger partial charge in [0.2, 0.25) is 11.8 Å². The molecule has 10 rings (SSSR count). The normalized spacial score (nSPS) is 21.6. The number of thioether (sulfide) groups is 2. The minimum atomic E-state index is -5.31. The van der Waals surface area contributed by atoms with Crippen LogP contribution >= 0.6 is 23.5 Å². The molecule has 6 aromatic carbocycles. The Labute approximate surface area is 609 Å². The number of aromatic nitrogens is 4. The molecule has 0 saturated heterocycles. The van der Waals surface area contributed by atoms with Gasteiger partial charge >= 0.3 is 12.4 Å². The van der Waals surface area contributed by atoms with Gasteiger partial charge in [0.05, 0.1) is 37.2 Å².